The molecule has 2 amide bonds. The van der Waals surface area contributed by atoms with E-state index in [1.54, 1.807) is 24.3 Å². The van der Waals surface area contributed by atoms with E-state index in [4.69, 9.17) is 9.47 Å². The molecular formula is C40H74N4O4. The van der Waals surface area contributed by atoms with Crippen LogP contribution in [0.2, 0.25) is 0 Å². The Hall–Kier alpha value is -2.32. The minimum Gasteiger partial charge on any atom is -0.433 e. The maximum Gasteiger partial charge on any atom is 0.412 e. The predicted molar refractivity (Wildman–Crippen MR) is 204 cm³/mol. The molecule has 278 valence electrons. The Kier molecular flexibility index (Phi) is 29.1. The molecule has 1 rings (SSSR count). The first-order valence-corrected chi connectivity index (χ1v) is 19.8. The molecule has 1 aromatic carbocycles. The highest BCUT2D eigenvalue weighted by molar-refractivity contribution is 5.88. The lowest BCUT2D eigenvalue weighted by Gasteiger charge is -2.17. The molecule has 0 atom stereocenters. The maximum atomic E-state index is 12.4. The highest BCUT2D eigenvalue weighted by Gasteiger charge is 2.09. The molecule has 0 aliphatic rings. The second kappa shape index (κ2) is 31.9. The Morgan fingerprint density at radius 1 is 0.500 bits per heavy atom. The van der Waals surface area contributed by atoms with Gasteiger partial charge in [-0.1, -0.05) is 161 Å². The van der Waals surface area contributed by atoms with Gasteiger partial charge in [0.15, 0.2) is 0 Å². The quantitative estimate of drug-likeness (QED) is 0.0584. The van der Waals surface area contributed by atoms with Crippen molar-refractivity contribution in [2.45, 2.75) is 168 Å². The number of carbonyl (C=O) groups is 2. The first-order chi connectivity index (χ1) is 23.4. The highest BCUT2D eigenvalue weighted by atomic mass is 16.6. The lowest BCUT2D eigenvalue weighted by Crippen LogP contribution is -2.27. The fourth-order valence-electron chi connectivity index (χ4n) is 5.89. The van der Waals surface area contributed by atoms with Crippen LogP contribution < -0.4 is 10.6 Å². The van der Waals surface area contributed by atoms with Gasteiger partial charge in [0.25, 0.3) is 0 Å². The van der Waals surface area contributed by atoms with Gasteiger partial charge in [0.2, 0.25) is 0 Å². The molecule has 0 radical (unpaired) electrons. The minimum atomic E-state index is -0.518. The molecule has 0 aromatic heterocycles. The van der Waals surface area contributed by atoms with Crippen LogP contribution in [-0.4, -0.2) is 62.6 Å². The van der Waals surface area contributed by atoms with Gasteiger partial charge in [-0.3, -0.25) is 20.4 Å². The molecule has 0 fully saturated rings. The van der Waals surface area contributed by atoms with Gasteiger partial charge in [0.1, 0.15) is 13.5 Å². The number of ether oxygens (including phenoxy) is 2. The van der Waals surface area contributed by atoms with Crippen molar-refractivity contribution in [1.29, 1.82) is 0 Å². The number of nitrogens with zero attached hydrogens (tertiary/aromatic N) is 2. The largest absolute Gasteiger partial charge is 0.433 e. The van der Waals surface area contributed by atoms with E-state index in [1.165, 1.54) is 141 Å². The molecule has 0 heterocycles. The monoisotopic (exact) mass is 675 g/mol. The first-order valence-electron chi connectivity index (χ1n) is 19.8. The van der Waals surface area contributed by atoms with Crippen LogP contribution in [0.1, 0.15) is 168 Å². The van der Waals surface area contributed by atoms with E-state index in [0.29, 0.717) is 11.4 Å². The zero-order chi connectivity index (χ0) is 34.9. The number of nitrogens with one attached hydrogen (secondary N) is 2. The van der Waals surface area contributed by atoms with Crippen LogP contribution in [0.15, 0.2) is 24.3 Å². The van der Waals surface area contributed by atoms with E-state index in [1.807, 2.05) is 23.9 Å². The molecule has 0 spiro atoms. The number of benzene rings is 1. The molecule has 0 bridgehead atoms. The summed E-state index contributed by atoms with van der Waals surface area (Å²) in [6.45, 7) is 6.82. The summed E-state index contributed by atoms with van der Waals surface area (Å²) in [6, 6.07) is 6.98. The van der Waals surface area contributed by atoms with Crippen molar-refractivity contribution in [3.05, 3.63) is 24.3 Å². The van der Waals surface area contributed by atoms with E-state index in [-0.39, 0.29) is 13.5 Å². The average Bonchev–Trinajstić information content (AvgIpc) is 3.07. The third kappa shape index (κ3) is 27.6. The summed E-state index contributed by atoms with van der Waals surface area (Å²) >= 11 is 0. The summed E-state index contributed by atoms with van der Waals surface area (Å²) < 4.78 is 10.8. The maximum absolute atomic E-state index is 12.4. The topological polar surface area (TPSA) is 83.1 Å². The summed E-state index contributed by atoms with van der Waals surface area (Å²) in [7, 11) is 3.94. The van der Waals surface area contributed by atoms with Gasteiger partial charge in [0.05, 0.1) is 0 Å². The van der Waals surface area contributed by atoms with Crippen LogP contribution >= 0.6 is 0 Å². The van der Waals surface area contributed by atoms with Gasteiger partial charge in [-0.05, 0) is 45.1 Å². The van der Waals surface area contributed by atoms with Gasteiger partial charge < -0.3 is 9.47 Å². The molecule has 0 aliphatic carbocycles. The lowest BCUT2D eigenvalue weighted by molar-refractivity contribution is 0.0919. The lowest BCUT2D eigenvalue weighted by atomic mass is 10.1. The molecule has 0 aliphatic heterocycles. The van der Waals surface area contributed by atoms with E-state index in [0.717, 1.165) is 25.9 Å². The third-order valence-corrected chi connectivity index (χ3v) is 8.97. The highest BCUT2D eigenvalue weighted by Crippen LogP contribution is 2.17. The Bertz CT molecular complexity index is 832. The molecule has 2 N–H and O–H groups in total. The second-order valence-corrected chi connectivity index (χ2v) is 13.9. The van der Waals surface area contributed by atoms with Crippen molar-refractivity contribution < 1.29 is 19.1 Å². The number of rotatable bonds is 32. The molecule has 1 aromatic rings. The van der Waals surface area contributed by atoms with E-state index in [2.05, 4.69) is 24.5 Å². The normalized spacial score (nSPS) is 11.3. The number of unbranched alkanes of at least 4 members (excludes halogenated alkanes) is 22. The fourth-order valence-corrected chi connectivity index (χ4v) is 5.89. The number of carbonyl (C=O) groups excluding carboxylic acids is 2. The number of anilines is 2. The Morgan fingerprint density at radius 3 is 1.10 bits per heavy atom. The molecule has 0 saturated carbocycles. The third-order valence-electron chi connectivity index (χ3n) is 8.97. The van der Waals surface area contributed by atoms with Crippen LogP contribution in [0.4, 0.5) is 21.0 Å². The molecule has 0 unspecified atom stereocenters. The predicted octanol–water partition coefficient (Wildman–Crippen LogP) is 12.0. The standard InChI is InChI=1S/C40H74N4O4/c1-5-7-9-11-13-15-17-19-21-23-25-27-32-43(3)35-47-39(45)41-37-30-29-31-38(34-37)42-40(46)48-36-44(4)33-28-26-24-22-20-18-16-14-12-10-8-6-2/h29-31,34H,5-28,32-33,35-36H2,1-4H3,(H,41,45)(H,42,46). The molecular weight excluding hydrogens is 600 g/mol. The van der Waals surface area contributed by atoms with Crippen molar-refractivity contribution in [1.82, 2.24) is 9.80 Å². The van der Waals surface area contributed by atoms with Gasteiger partial charge in [-0.15, -0.1) is 0 Å². The summed E-state index contributed by atoms with van der Waals surface area (Å²) in [5.74, 6) is 0. The van der Waals surface area contributed by atoms with E-state index in [9.17, 15) is 9.59 Å². The first kappa shape index (κ1) is 43.7. The van der Waals surface area contributed by atoms with Gasteiger partial charge >= 0.3 is 12.2 Å². The van der Waals surface area contributed by atoms with E-state index >= 15 is 0 Å². The SMILES string of the molecule is CCCCCCCCCCCCCCN(C)COC(=O)Nc1cccc(NC(=O)OCN(C)CCCCCCCCCCCCCC)c1. The van der Waals surface area contributed by atoms with E-state index < -0.39 is 12.2 Å². The minimum absolute atomic E-state index is 0.237. The molecule has 48 heavy (non-hydrogen) atoms. The van der Waals surface area contributed by atoms with Crippen LogP contribution in [-0.2, 0) is 9.47 Å². The molecule has 0 saturated heterocycles. The van der Waals surface area contributed by atoms with Crippen LogP contribution in [0.5, 0.6) is 0 Å². The van der Waals surface area contributed by atoms with Gasteiger partial charge in [-0.2, -0.15) is 0 Å². The second-order valence-electron chi connectivity index (χ2n) is 13.9. The average molecular weight is 675 g/mol. The molecule has 8 heteroatoms. The zero-order valence-corrected chi connectivity index (χ0v) is 31.6. The van der Waals surface area contributed by atoms with Crippen molar-refractivity contribution >= 4 is 23.6 Å². The Labute approximate surface area is 295 Å². The smallest absolute Gasteiger partial charge is 0.412 e. The fraction of sp³-hybridized carbons (Fsp3) is 0.800. The number of hydrogen-bond acceptors (Lipinski definition) is 6. The van der Waals surface area contributed by atoms with Crippen molar-refractivity contribution in [2.75, 3.05) is 51.3 Å². The Balaban J connectivity index is 2.07. The molecule has 8 nitrogen and oxygen atoms in total. The van der Waals surface area contributed by atoms with Crippen molar-refractivity contribution in [3.8, 4) is 0 Å². The summed E-state index contributed by atoms with van der Waals surface area (Å²) in [5, 5.41) is 5.49. The Morgan fingerprint density at radius 2 is 0.792 bits per heavy atom. The number of amides is 2. The summed E-state index contributed by atoms with van der Waals surface area (Å²) in [6.07, 6.45) is 30.8. The zero-order valence-electron chi connectivity index (χ0n) is 31.6. The summed E-state index contributed by atoms with van der Waals surface area (Å²) in [4.78, 5) is 28.8. The van der Waals surface area contributed by atoms with Crippen molar-refractivity contribution in [2.24, 2.45) is 0 Å². The van der Waals surface area contributed by atoms with Crippen LogP contribution in [0.25, 0.3) is 0 Å². The van der Waals surface area contributed by atoms with Crippen LogP contribution in [0, 0.1) is 0 Å². The van der Waals surface area contributed by atoms with Crippen molar-refractivity contribution in [3.63, 3.8) is 0 Å². The summed E-state index contributed by atoms with van der Waals surface area (Å²) in [5.41, 5.74) is 1.09. The van der Waals surface area contributed by atoms with Gasteiger partial charge in [-0.25, -0.2) is 9.59 Å². The number of hydrogen-bond donors (Lipinski definition) is 2. The van der Waals surface area contributed by atoms with Gasteiger partial charge in [0, 0.05) is 24.5 Å². The van der Waals surface area contributed by atoms with Crippen LogP contribution in [0.3, 0.4) is 0 Å².